The van der Waals surface area contributed by atoms with E-state index in [1.165, 1.54) is 44.2 Å². The topological polar surface area (TPSA) is 203 Å². The number of rotatable bonds is 7. The Hall–Kier alpha value is -4.53. The highest BCUT2D eigenvalue weighted by Crippen LogP contribution is 2.48. The Morgan fingerprint density at radius 3 is 2.39 bits per heavy atom. The molecule has 0 spiro atoms. The zero-order valence-corrected chi connectivity index (χ0v) is 28.5. The Morgan fingerprint density at radius 2 is 1.71 bits per heavy atom. The van der Waals surface area contributed by atoms with Gasteiger partial charge in [-0.2, -0.15) is 0 Å². The van der Waals surface area contributed by atoms with Crippen LogP contribution in [0.2, 0.25) is 0 Å². The van der Waals surface area contributed by atoms with E-state index in [1.54, 1.807) is 44.2 Å². The normalized spacial score (nSPS) is 36.5. The molecule has 0 amide bonds. The number of Topliss-reactive ketones (excluding diaryl/α,β-unsaturated/α-hetero) is 3. The first-order chi connectivity index (χ1) is 24.0. The lowest BCUT2D eigenvalue weighted by molar-refractivity contribution is -0.200. The van der Waals surface area contributed by atoms with Gasteiger partial charge in [0.1, 0.15) is 24.1 Å². The Balaban J connectivity index is 1.07. The maximum atomic E-state index is 13.8. The zero-order chi connectivity index (χ0) is 37.0. The number of carboxylic acids is 1. The number of hydrogen-bond acceptors (Lipinski definition) is 12. The maximum absolute atomic E-state index is 13.8. The van der Waals surface area contributed by atoms with Gasteiger partial charge < -0.3 is 39.4 Å². The number of phenols is 1. The number of ether oxygens (including phenoxy) is 4. The Labute approximate surface area is 293 Å². The fourth-order valence-electron chi connectivity index (χ4n) is 7.51. The van der Waals surface area contributed by atoms with Gasteiger partial charge in [-0.3, -0.25) is 14.4 Å². The first-order valence-corrected chi connectivity index (χ1v) is 16.8. The lowest BCUT2D eigenvalue weighted by atomic mass is 9.61. The standard InChI is InChI=1S/C38H40O13/c1-18-24(49-27(39)10-8-6-5-7-9-25-19(2)50-38(4,51-25)36(45)46)15-16-26(48-18)21-13-14-23-30(31(21)40)33(42)22-12-11-20-17-37(3,47)35(44)34(43)28(20)29(22)32(23)41/h5-14,18-20,24-26,28,35,40,44,47H,15-17H2,1-4H3,(H,45,46)/b6-5+,9-7+,10-8+/t18-,19+,20?,24?,25+,26-,28?,35?,37?,38+/m1/s1. The van der Waals surface area contributed by atoms with Gasteiger partial charge in [-0.1, -0.05) is 48.6 Å². The van der Waals surface area contributed by atoms with E-state index < -0.39 is 94.9 Å². The van der Waals surface area contributed by atoms with Crippen molar-refractivity contribution in [3.63, 3.8) is 0 Å². The first-order valence-electron chi connectivity index (χ1n) is 16.8. The second-order valence-corrected chi connectivity index (χ2v) is 13.9. The number of phenolic OH excluding ortho intramolecular Hbond substituents is 1. The SMILES string of the molecule is C[C@@H]1O[C@](C)(C(=O)O)O[C@H]1/C=C/C=C/C=C/C(=O)OC1CC[C@H](c2ccc3c(c2O)C(=O)C2=C(C3=O)C3C(=O)C(O)C(C)(O)CC3C=C2)O[C@@H]1C. The van der Waals surface area contributed by atoms with Crippen molar-refractivity contribution in [1.82, 2.24) is 0 Å². The van der Waals surface area contributed by atoms with Gasteiger partial charge >= 0.3 is 11.9 Å². The van der Waals surface area contributed by atoms with Gasteiger partial charge in [0.25, 0.3) is 5.79 Å². The molecule has 3 aliphatic carbocycles. The number of aliphatic hydroxyl groups excluding tert-OH is 1. The number of aliphatic carboxylic acids is 1. The molecule has 2 heterocycles. The van der Waals surface area contributed by atoms with Gasteiger partial charge in [-0.25, -0.2) is 9.59 Å². The third-order valence-electron chi connectivity index (χ3n) is 10.2. The number of benzene rings is 1. The minimum atomic E-state index is -1.72. The van der Waals surface area contributed by atoms with Crippen LogP contribution < -0.4 is 0 Å². The van der Waals surface area contributed by atoms with E-state index in [0.717, 1.165) is 0 Å². The molecule has 51 heavy (non-hydrogen) atoms. The molecular formula is C38H40O13. The summed E-state index contributed by atoms with van der Waals surface area (Å²) in [6.07, 6.45) is 8.50. The van der Waals surface area contributed by atoms with Crippen molar-refractivity contribution in [2.75, 3.05) is 0 Å². The van der Waals surface area contributed by atoms with E-state index in [1.807, 2.05) is 0 Å². The van der Waals surface area contributed by atoms with Gasteiger partial charge in [0.05, 0.1) is 35.4 Å². The van der Waals surface area contributed by atoms with Crippen LogP contribution in [-0.4, -0.2) is 91.6 Å². The number of hydrogen-bond donors (Lipinski definition) is 4. The molecule has 0 bridgehead atoms. The zero-order valence-electron chi connectivity index (χ0n) is 28.5. The van der Waals surface area contributed by atoms with Crippen molar-refractivity contribution < 1.29 is 63.3 Å². The predicted molar refractivity (Wildman–Crippen MR) is 177 cm³/mol. The number of carboxylic acid groups (broad SMARTS) is 1. The van der Waals surface area contributed by atoms with Crippen molar-refractivity contribution in [3.05, 3.63) is 88.6 Å². The molecular weight excluding hydrogens is 664 g/mol. The number of aromatic hydroxyl groups is 1. The van der Waals surface area contributed by atoms with Crippen LogP contribution in [0.3, 0.4) is 0 Å². The van der Waals surface area contributed by atoms with E-state index in [0.29, 0.717) is 18.4 Å². The summed E-state index contributed by atoms with van der Waals surface area (Å²) in [6, 6.07) is 2.94. The summed E-state index contributed by atoms with van der Waals surface area (Å²) in [5.74, 6) is -7.54. The molecule has 1 aromatic carbocycles. The molecule has 6 rings (SSSR count). The molecule has 3 fully saturated rings. The molecule has 13 nitrogen and oxygen atoms in total. The van der Waals surface area contributed by atoms with Crippen molar-refractivity contribution in [1.29, 1.82) is 0 Å². The number of fused-ring (bicyclic) bond motifs is 3. The monoisotopic (exact) mass is 704 g/mol. The molecule has 1 saturated carbocycles. The third kappa shape index (κ3) is 6.56. The number of ketones is 3. The van der Waals surface area contributed by atoms with Crippen LogP contribution >= 0.6 is 0 Å². The quantitative estimate of drug-likeness (QED) is 0.183. The predicted octanol–water partition coefficient (Wildman–Crippen LogP) is 3.38. The molecule has 5 aliphatic rings. The van der Waals surface area contributed by atoms with E-state index in [-0.39, 0.29) is 28.7 Å². The smallest absolute Gasteiger partial charge is 0.364 e. The molecule has 1 aromatic rings. The van der Waals surface area contributed by atoms with Crippen LogP contribution in [0.25, 0.3) is 0 Å². The number of esters is 1. The molecule has 0 aromatic heterocycles. The minimum absolute atomic E-state index is 0.0255. The number of carbonyl (C=O) groups excluding carboxylic acids is 4. The summed E-state index contributed by atoms with van der Waals surface area (Å²) in [5, 5.41) is 41.6. The molecule has 13 heteroatoms. The highest BCUT2D eigenvalue weighted by atomic mass is 16.8. The Kier molecular flexibility index (Phi) is 9.63. The van der Waals surface area contributed by atoms with Gasteiger partial charge in [0, 0.05) is 35.3 Å². The van der Waals surface area contributed by atoms with Gasteiger partial charge in [0.15, 0.2) is 17.3 Å². The summed E-state index contributed by atoms with van der Waals surface area (Å²) in [5.41, 5.74) is -1.69. The average molecular weight is 705 g/mol. The summed E-state index contributed by atoms with van der Waals surface area (Å²) >= 11 is 0. The molecule has 4 N–H and O–H groups in total. The molecule has 270 valence electrons. The van der Waals surface area contributed by atoms with Crippen LogP contribution in [-0.2, 0) is 33.3 Å². The fraction of sp³-hybridized carbons (Fsp3) is 0.447. The summed E-state index contributed by atoms with van der Waals surface area (Å²) in [7, 11) is 0. The van der Waals surface area contributed by atoms with E-state index in [2.05, 4.69) is 0 Å². The Bertz CT molecular complexity index is 1830. The molecule has 5 unspecified atom stereocenters. The van der Waals surface area contributed by atoms with Crippen molar-refractivity contribution in [3.8, 4) is 5.75 Å². The van der Waals surface area contributed by atoms with Crippen molar-refractivity contribution in [2.45, 2.75) is 95.0 Å². The number of allylic oxidation sites excluding steroid dienone is 8. The molecule has 2 aliphatic heterocycles. The van der Waals surface area contributed by atoms with Crippen LogP contribution in [0.1, 0.15) is 79.3 Å². The van der Waals surface area contributed by atoms with Gasteiger partial charge in [-0.15, -0.1) is 0 Å². The van der Waals surface area contributed by atoms with Gasteiger partial charge in [0.2, 0.25) is 0 Å². The van der Waals surface area contributed by atoms with Crippen molar-refractivity contribution >= 4 is 29.3 Å². The molecule has 10 atom stereocenters. The van der Waals surface area contributed by atoms with E-state index >= 15 is 0 Å². The largest absolute Gasteiger partial charge is 0.507 e. The van der Waals surface area contributed by atoms with E-state index in [4.69, 9.17) is 18.9 Å². The summed E-state index contributed by atoms with van der Waals surface area (Å²) in [6.45, 7) is 6.13. The minimum Gasteiger partial charge on any atom is -0.507 e. The lowest BCUT2D eigenvalue weighted by Gasteiger charge is -2.43. The average Bonchev–Trinajstić information content (AvgIpc) is 3.38. The van der Waals surface area contributed by atoms with Crippen LogP contribution in [0, 0.1) is 11.8 Å². The third-order valence-corrected chi connectivity index (χ3v) is 10.2. The highest BCUT2D eigenvalue weighted by molar-refractivity contribution is 6.30. The molecule has 0 radical (unpaired) electrons. The van der Waals surface area contributed by atoms with Gasteiger partial charge in [-0.05, 0) is 52.0 Å². The number of carbonyl (C=O) groups is 5. The lowest BCUT2D eigenvalue weighted by Crippen LogP contribution is -2.56. The first kappa shape index (κ1) is 36.3. The van der Waals surface area contributed by atoms with Crippen LogP contribution in [0.15, 0.2) is 71.9 Å². The van der Waals surface area contributed by atoms with Crippen LogP contribution in [0.4, 0.5) is 0 Å². The summed E-state index contributed by atoms with van der Waals surface area (Å²) < 4.78 is 22.6. The van der Waals surface area contributed by atoms with Crippen molar-refractivity contribution in [2.24, 2.45) is 11.8 Å². The Morgan fingerprint density at radius 1 is 0.980 bits per heavy atom. The second-order valence-electron chi connectivity index (χ2n) is 13.9. The maximum Gasteiger partial charge on any atom is 0.364 e. The van der Waals surface area contributed by atoms with Crippen LogP contribution in [0.5, 0.6) is 5.75 Å². The fourth-order valence-corrected chi connectivity index (χ4v) is 7.51. The summed E-state index contributed by atoms with van der Waals surface area (Å²) in [4.78, 5) is 64.5. The van der Waals surface area contributed by atoms with E-state index in [9.17, 15) is 44.4 Å². The second kappa shape index (κ2) is 13.5. The highest BCUT2D eigenvalue weighted by Gasteiger charge is 2.54. The molecule has 2 saturated heterocycles. The number of aliphatic hydroxyl groups is 2.